The maximum atomic E-state index is 10.1. The minimum absolute atomic E-state index is 0. The van der Waals surface area contributed by atoms with Crippen LogP contribution in [0, 0.1) is 20.0 Å². The molecule has 2 heterocycles. The van der Waals surface area contributed by atoms with Gasteiger partial charge in [-0.05, 0) is 13.8 Å². The van der Waals surface area contributed by atoms with Crippen molar-refractivity contribution in [3.63, 3.8) is 0 Å². The Morgan fingerprint density at radius 2 is 2.00 bits per heavy atom. The largest absolute Gasteiger partial charge is 2.00 e. The van der Waals surface area contributed by atoms with Crippen LogP contribution in [0.5, 0.6) is 0 Å². The molecule has 0 amide bonds. The number of hydrogen-bond acceptors (Lipinski definition) is 4. The maximum Gasteiger partial charge on any atom is 2.00 e. The van der Waals surface area contributed by atoms with Gasteiger partial charge in [0.05, 0.1) is 18.8 Å². The number of aliphatic hydroxyl groups excluding tert-OH is 1. The van der Waals surface area contributed by atoms with Crippen LogP contribution >= 0.6 is 0 Å². The van der Waals surface area contributed by atoms with E-state index in [1.54, 1.807) is 6.61 Å². The van der Waals surface area contributed by atoms with Crippen molar-refractivity contribution in [2.45, 2.75) is 44.9 Å². The Morgan fingerprint density at radius 3 is 2.62 bits per heavy atom. The van der Waals surface area contributed by atoms with Crippen LogP contribution in [-0.2, 0) is 35.3 Å². The molecule has 2 saturated heterocycles. The first-order chi connectivity index (χ1) is 6.54. The number of ether oxygens (including phenoxy) is 3. The molecule has 0 aromatic heterocycles. The molecule has 0 spiro atoms. The monoisotopic (exact) mass is 400 g/mol. The molecule has 1 N–H and O–H groups in total. The molecule has 2 fully saturated rings. The van der Waals surface area contributed by atoms with Gasteiger partial charge in [-0.3, -0.25) is 0 Å². The molecule has 94 valence electrons. The van der Waals surface area contributed by atoms with Gasteiger partial charge in [0.15, 0.2) is 6.29 Å². The van der Waals surface area contributed by atoms with Crippen molar-refractivity contribution in [2.75, 3.05) is 6.61 Å². The van der Waals surface area contributed by atoms with E-state index in [9.17, 15) is 5.11 Å². The SMILES string of the molecule is CC1OCC2O[CH-]C(C)C(O)C2(C)O1.[CH3-].[W+2]. The average molecular weight is 400 g/mol. The summed E-state index contributed by atoms with van der Waals surface area (Å²) in [7, 11) is 0. The number of fused-ring (bicyclic) bond motifs is 1. The molecule has 5 atom stereocenters. The van der Waals surface area contributed by atoms with Crippen LogP contribution in [0.4, 0.5) is 0 Å². The molecule has 0 aliphatic carbocycles. The van der Waals surface area contributed by atoms with Crippen molar-refractivity contribution >= 4 is 0 Å². The summed E-state index contributed by atoms with van der Waals surface area (Å²) < 4.78 is 16.4. The Morgan fingerprint density at radius 1 is 1.38 bits per heavy atom. The second-order valence-electron chi connectivity index (χ2n) is 4.27. The molecular formula is C11H20O4W. The molecule has 5 heteroatoms. The maximum absolute atomic E-state index is 10.1. The van der Waals surface area contributed by atoms with Gasteiger partial charge < -0.3 is 26.7 Å². The normalized spacial score (nSPS) is 47.2. The summed E-state index contributed by atoms with van der Waals surface area (Å²) in [6, 6.07) is 0. The molecule has 16 heavy (non-hydrogen) atoms. The van der Waals surface area contributed by atoms with Crippen molar-refractivity contribution in [3.05, 3.63) is 14.0 Å². The van der Waals surface area contributed by atoms with E-state index >= 15 is 0 Å². The van der Waals surface area contributed by atoms with E-state index in [1.807, 2.05) is 20.8 Å². The van der Waals surface area contributed by atoms with Gasteiger partial charge in [-0.15, -0.1) is 5.92 Å². The van der Waals surface area contributed by atoms with Gasteiger partial charge >= 0.3 is 21.1 Å². The molecule has 5 unspecified atom stereocenters. The van der Waals surface area contributed by atoms with E-state index in [4.69, 9.17) is 14.2 Å². The summed E-state index contributed by atoms with van der Waals surface area (Å²) >= 11 is 0. The molecule has 0 saturated carbocycles. The van der Waals surface area contributed by atoms with E-state index < -0.39 is 11.7 Å². The Kier molecular flexibility index (Phi) is 6.12. The predicted octanol–water partition coefficient (Wildman–Crippen LogP) is 1.14. The molecule has 2 aliphatic heterocycles. The summed E-state index contributed by atoms with van der Waals surface area (Å²) in [5, 5.41) is 10.1. The Bertz CT molecular complexity index is 220. The summed E-state index contributed by atoms with van der Waals surface area (Å²) in [4.78, 5) is 0. The molecule has 0 aromatic carbocycles. The van der Waals surface area contributed by atoms with Gasteiger partial charge in [0.25, 0.3) is 0 Å². The van der Waals surface area contributed by atoms with Crippen LogP contribution in [0.3, 0.4) is 0 Å². The zero-order valence-corrected chi connectivity index (χ0v) is 13.1. The molecule has 2 rings (SSSR count). The first-order valence-electron chi connectivity index (χ1n) is 5.00. The van der Waals surface area contributed by atoms with Crippen molar-refractivity contribution in [3.8, 4) is 0 Å². The smallest absolute Gasteiger partial charge is 0.546 e. The van der Waals surface area contributed by atoms with E-state index in [0.29, 0.717) is 6.61 Å². The fraction of sp³-hybridized carbons (Fsp3) is 0.818. The van der Waals surface area contributed by atoms with Gasteiger partial charge in [0.1, 0.15) is 5.60 Å². The standard InChI is InChI=1S/C10H17O4.CH3.W/c1-6-4-13-8-5-12-7(2)14-10(8,3)9(6)11;;/h4,6-9,11H,5H2,1-3H3;1H3;/q2*-1;+2. The van der Waals surface area contributed by atoms with Gasteiger partial charge in [-0.2, -0.15) is 0 Å². The van der Waals surface area contributed by atoms with Crippen LogP contribution in [-0.4, -0.2) is 35.8 Å². The molecule has 0 radical (unpaired) electrons. The molecule has 4 nitrogen and oxygen atoms in total. The second kappa shape index (κ2) is 5.92. The molecule has 2 aliphatic rings. The third-order valence-corrected chi connectivity index (χ3v) is 3.08. The third kappa shape index (κ3) is 2.67. The third-order valence-electron chi connectivity index (χ3n) is 3.08. The van der Waals surface area contributed by atoms with E-state index in [-0.39, 0.29) is 46.8 Å². The first kappa shape index (κ1) is 16.5. The number of rotatable bonds is 0. The average Bonchev–Trinajstić information content (AvgIpc) is 2.13. The fourth-order valence-corrected chi connectivity index (χ4v) is 2.11. The summed E-state index contributed by atoms with van der Waals surface area (Å²) in [5.74, 6) is -0.0125. The molecule has 0 aromatic rings. The van der Waals surface area contributed by atoms with Crippen LogP contribution in [0.15, 0.2) is 0 Å². The van der Waals surface area contributed by atoms with Gasteiger partial charge in [-0.1, -0.05) is 6.92 Å². The Balaban J connectivity index is 0.00000112. The van der Waals surface area contributed by atoms with Gasteiger partial charge in [0, 0.05) is 0 Å². The second-order valence-corrected chi connectivity index (χ2v) is 4.27. The first-order valence-corrected chi connectivity index (χ1v) is 5.00. The minimum atomic E-state index is -0.647. The van der Waals surface area contributed by atoms with Crippen molar-refractivity contribution in [2.24, 2.45) is 5.92 Å². The number of aliphatic hydroxyl groups is 1. The van der Waals surface area contributed by atoms with Crippen LogP contribution in [0.25, 0.3) is 0 Å². The quantitative estimate of drug-likeness (QED) is 0.620. The minimum Gasteiger partial charge on any atom is -0.546 e. The van der Waals surface area contributed by atoms with Gasteiger partial charge in [-0.25, -0.2) is 6.61 Å². The zero-order chi connectivity index (χ0) is 10.3. The Hall–Kier alpha value is 0.528. The van der Waals surface area contributed by atoms with E-state index in [0.717, 1.165) is 0 Å². The van der Waals surface area contributed by atoms with Gasteiger partial charge in [0.2, 0.25) is 0 Å². The van der Waals surface area contributed by atoms with Crippen LogP contribution in [0.2, 0.25) is 0 Å². The Labute approximate surface area is 112 Å². The van der Waals surface area contributed by atoms with E-state index in [1.165, 1.54) is 0 Å². The number of hydrogen-bond donors (Lipinski definition) is 1. The fourth-order valence-electron chi connectivity index (χ4n) is 2.11. The molecular weight excluding hydrogens is 380 g/mol. The predicted molar refractivity (Wildman–Crippen MR) is 55.7 cm³/mol. The molecule has 0 bridgehead atoms. The van der Waals surface area contributed by atoms with Crippen molar-refractivity contribution in [1.82, 2.24) is 0 Å². The topological polar surface area (TPSA) is 47.9 Å². The van der Waals surface area contributed by atoms with E-state index in [2.05, 4.69) is 0 Å². The summed E-state index contributed by atoms with van der Waals surface area (Å²) in [5.41, 5.74) is -0.647. The zero-order valence-electron chi connectivity index (χ0n) is 10.2. The summed E-state index contributed by atoms with van der Waals surface area (Å²) in [6.45, 7) is 7.76. The summed E-state index contributed by atoms with van der Waals surface area (Å²) in [6.07, 6.45) is -1.02. The van der Waals surface area contributed by atoms with Crippen LogP contribution in [0.1, 0.15) is 20.8 Å². The van der Waals surface area contributed by atoms with Crippen molar-refractivity contribution < 1.29 is 40.4 Å². The van der Waals surface area contributed by atoms with Crippen LogP contribution < -0.4 is 0 Å². The van der Waals surface area contributed by atoms with Crippen molar-refractivity contribution in [1.29, 1.82) is 0 Å².